The van der Waals surface area contributed by atoms with Crippen molar-refractivity contribution < 1.29 is 9.59 Å². The SMILES string of the molecule is N#CC(=Cc1c[nH]c2ccccc12)C(=O)Nc1ccc(NC(=O)/C(C#N)=C\c2c[nH]c3ccccc23)cc1. The van der Waals surface area contributed by atoms with Crippen LogP contribution in [0.25, 0.3) is 34.0 Å². The molecule has 3 aromatic carbocycles. The number of rotatable bonds is 6. The van der Waals surface area contributed by atoms with Crippen molar-refractivity contribution in [2.75, 3.05) is 10.6 Å². The van der Waals surface area contributed by atoms with Gasteiger partial charge in [-0.15, -0.1) is 0 Å². The second-order valence-electron chi connectivity index (χ2n) is 8.40. The zero-order valence-corrected chi connectivity index (χ0v) is 19.9. The lowest BCUT2D eigenvalue weighted by Crippen LogP contribution is -2.14. The zero-order valence-electron chi connectivity index (χ0n) is 19.9. The standard InChI is InChI=1S/C30H20N6O2/c31-15-19(13-21-17-33-27-7-3-1-5-25(21)27)29(37)35-23-9-11-24(12-10-23)36-30(38)20(16-32)14-22-18-34-28-8-4-2-6-26(22)28/h1-14,17-18,33-34H,(H,35,37)(H,36,38)/b19-13-,20-14?. The summed E-state index contributed by atoms with van der Waals surface area (Å²) < 4.78 is 0. The molecule has 0 bridgehead atoms. The van der Waals surface area contributed by atoms with Gasteiger partial charge in [0, 0.05) is 56.7 Å². The molecule has 0 saturated heterocycles. The van der Waals surface area contributed by atoms with E-state index in [-0.39, 0.29) is 11.1 Å². The van der Waals surface area contributed by atoms with Gasteiger partial charge in [0.25, 0.3) is 11.8 Å². The molecule has 0 radical (unpaired) electrons. The summed E-state index contributed by atoms with van der Waals surface area (Å²) in [5.41, 5.74) is 4.08. The number of fused-ring (bicyclic) bond motifs is 2. The minimum atomic E-state index is -0.553. The van der Waals surface area contributed by atoms with Crippen LogP contribution in [0.4, 0.5) is 11.4 Å². The number of benzene rings is 3. The molecule has 5 rings (SSSR count). The average molecular weight is 497 g/mol. The quantitative estimate of drug-likeness (QED) is 0.176. The van der Waals surface area contributed by atoms with Gasteiger partial charge < -0.3 is 20.6 Å². The topological polar surface area (TPSA) is 137 Å². The molecule has 0 atom stereocenters. The second-order valence-corrected chi connectivity index (χ2v) is 8.40. The molecule has 2 heterocycles. The third kappa shape index (κ3) is 4.92. The number of carbonyl (C=O) groups is 2. The van der Waals surface area contributed by atoms with Gasteiger partial charge in [0.05, 0.1) is 0 Å². The van der Waals surface area contributed by atoms with Crippen molar-refractivity contribution >= 4 is 57.1 Å². The Morgan fingerprint density at radius 2 is 1.03 bits per heavy atom. The predicted molar refractivity (Wildman–Crippen MR) is 147 cm³/mol. The Hall–Kier alpha value is -5.86. The van der Waals surface area contributed by atoms with E-state index in [2.05, 4.69) is 20.6 Å². The Morgan fingerprint density at radius 3 is 1.42 bits per heavy atom. The summed E-state index contributed by atoms with van der Waals surface area (Å²) in [5.74, 6) is -1.11. The van der Waals surface area contributed by atoms with Crippen molar-refractivity contribution in [1.82, 2.24) is 9.97 Å². The largest absolute Gasteiger partial charge is 0.361 e. The number of nitrogens with zero attached hydrogens (tertiary/aromatic N) is 2. The summed E-state index contributed by atoms with van der Waals surface area (Å²) in [7, 11) is 0. The summed E-state index contributed by atoms with van der Waals surface area (Å²) in [6, 6.07) is 25.5. The lowest BCUT2D eigenvalue weighted by Gasteiger charge is -2.07. The van der Waals surface area contributed by atoms with E-state index in [9.17, 15) is 20.1 Å². The van der Waals surface area contributed by atoms with Crippen molar-refractivity contribution in [2.24, 2.45) is 0 Å². The van der Waals surface area contributed by atoms with Crippen molar-refractivity contribution in [3.63, 3.8) is 0 Å². The highest BCUT2D eigenvalue weighted by Gasteiger charge is 2.13. The van der Waals surface area contributed by atoms with Crippen molar-refractivity contribution in [3.8, 4) is 12.1 Å². The molecule has 0 saturated carbocycles. The van der Waals surface area contributed by atoms with Gasteiger partial charge in [0.2, 0.25) is 0 Å². The minimum Gasteiger partial charge on any atom is -0.361 e. The molecule has 182 valence electrons. The van der Waals surface area contributed by atoms with Gasteiger partial charge in [0.1, 0.15) is 23.3 Å². The molecule has 0 aliphatic carbocycles. The highest BCUT2D eigenvalue weighted by molar-refractivity contribution is 6.12. The average Bonchev–Trinajstić information content (AvgIpc) is 3.55. The van der Waals surface area contributed by atoms with E-state index in [1.165, 1.54) is 12.2 Å². The number of aromatic amines is 2. The fourth-order valence-corrected chi connectivity index (χ4v) is 4.07. The number of nitrogens with one attached hydrogen (secondary N) is 4. The van der Waals surface area contributed by atoms with Crippen LogP contribution in [0.15, 0.2) is 96.3 Å². The van der Waals surface area contributed by atoms with Gasteiger partial charge in [-0.05, 0) is 48.6 Å². The Balaban J connectivity index is 1.27. The Bertz CT molecular complexity index is 1690. The molecule has 2 aromatic heterocycles. The predicted octanol–water partition coefficient (Wildman–Crippen LogP) is 5.74. The number of para-hydroxylation sites is 2. The molecule has 0 unspecified atom stereocenters. The Morgan fingerprint density at radius 1 is 0.632 bits per heavy atom. The molecule has 0 fully saturated rings. The number of anilines is 2. The highest BCUT2D eigenvalue weighted by atomic mass is 16.2. The van der Waals surface area contributed by atoms with E-state index in [4.69, 9.17) is 0 Å². The number of hydrogen-bond acceptors (Lipinski definition) is 4. The zero-order chi connectivity index (χ0) is 26.5. The minimum absolute atomic E-state index is 0.0480. The van der Waals surface area contributed by atoms with Crippen LogP contribution in [0.1, 0.15) is 11.1 Å². The number of hydrogen-bond donors (Lipinski definition) is 4. The van der Waals surface area contributed by atoms with Gasteiger partial charge in [-0.3, -0.25) is 9.59 Å². The number of amides is 2. The third-order valence-electron chi connectivity index (χ3n) is 5.97. The van der Waals surface area contributed by atoms with Crippen molar-refractivity contribution in [1.29, 1.82) is 10.5 Å². The van der Waals surface area contributed by atoms with Crippen molar-refractivity contribution in [3.05, 3.63) is 107 Å². The summed E-state index contributed by atoms with van der Waals surface area (Å²) in [5, 5.41) is 26.3. The van der Waals surface area contributed by atoms with E-state index >= 15 is 0 Å². The maximum Gasteiger partial charge on any atom is 0.266 e. The van der Waals surface area contributed by atoms with Crippen LogP contribution in [0.5, 0.6) is 0 Å². The fourth-order valence-electron chi connectivity index (χ4n) is 4.07. The maximum atomic E-state index is 12.7. The molecule has 0 aliphatic heterocycles. The summed E-state index contributed by atoms with van der Waals surface area (Å²) in [6.07, 6.45) is 6.56. The summed E-state index contributed by atoms with van der Waals surface area (Å²) >= 11 is 0. The molecule has 0 spiro atoms. The Labute approximate surface area is 217 Å². The van der Waals surface area contributed by atoms with Gasteiger partial charge in [0.15, 0.2) is 0 Å². The van der Waals surface area contributed by atoms with Crippen LogP contribution in [0, 0.1) is 22.7 Å². The van der Waals surface area contributed by atoms with Gasteiger partial charge in [-0.25, -0.2) is 0 Å². The number of aromatic nitrogens is 2. The molecule has 8 heteroatoms. The molecule has 5 aromatic rings. The number of H-pyrrole nitrogens is 2. The number of carbonyl (C=O) groups excluding carboxylic acids is 2. The molecule has 38 heavy (non-hydrogen) atoms. The highest BCUT2D eigenvalue weighted by Crippen LogP contribution is 2.23. The maximum absolute atomic E-state index is 12.7. The van der Waals surface area contributed by atoms with Gasteiger partial charge in [-0.1, -0.05) is 36.4 Å². The number of nitriles is 2. The molecule has 0 aliphatic rings. The van der Waals surface area contributed by atoms with Gasteiger partial charge in [-0.2, -0.15) is 10.5 Å². The second kappa shape index (κ2) is 10.4. The molecule has 4 N–H and O–H groups in total. The normalized spacial score (nSPS) is 11.6. The van der Waals surface area contributed by atoms with Crippen LogP contribution in [0.3, 0.4) is 0 Å². The van der Waals surface area contributed by atoms with Crippen LogP contribution >= 0.6 is 0 Å². The lowest BCUT2D eigenvalue weighted by atomic mass is 10.1. The van der Waals surface area contributed by atoms with E-state index in [1.807, 2.05) is 60.7 Å². The van der Waals surface area contributed by atoms with Crippen molar-refractivity contribution in [2.45, 2.75) is 0 Å². The molecule has 8 nitrogen and oxygen atoms in total. The van der Waals surface area contributed by atoms with E-state index in [0.29, 0.717) is 11.4 Å². The van der Waals surface area contributed by atoms with E-state index in [0.717, 1.165) is 32.9 Å². The van der Waals surface area contributed by atoms with Crippen LogP contribution in [0.2, 0.25) is 0 Å². The first-order chi connectivity index (χ1) is 18.6. The molecular formula is C30H20N6O2. The Kier molecular flexibility index (Phi) is 6.53. The van der Waals surface area contributed by atoms with Crippen LogP contribution in [-0.4, -0.2) is 21.8 Å². The monoisotopic (exact) mass is 496 g/mol. The fraction of sp³-hybridized carbons (Fsp3) is 0. The third-order valence-corrected chi connectivity index (χ3v) is 5.97. The van der Waals surface area contributed by atoms with Crippen LogP contribution < -0.4 is 10.6 Å². The smallest absolute Gasteiger partial charge is 0.266 e. The molecular weight excluding hydrogens is 476 g/mol. The first-order valence-corrected chi connectivity index (χ1v) is 11.6. The molecule has 2 amide bonds. The lowest BCUT2D eigenvalue weighted by molar-refractivity contribution is -0.113. The summed E-state index contributed by atoms with van der Waals surface area (Å²) in [6.45, 7) is 0. The van der Waals surface area contributed by atoms with Gasteiger partial charge >= 0.3 is 0 Å². The first kappa shape index (κ1) is 23.9. The van der Waals surface area contributed by atoms with E-state index in [1.54, 1.807) is 36.7 Å². The first-order valence-electron chi connectivity index (χ1n) is 11.6. The van der Waals surface area contributed by atoms with Crippen LogP contribution in [-0.2, 0) is 9.59 Å². The van der Waals surface area contributed by atoms with E-state index < -0.39 is 11.8 Å². The summed E-state index contributed by atoms with van der Waals surface area (Å²) in [4.78, 5) is 31.7.